The van der Waals surface area contributed by atoms with Gasteiger partial charge in [-0.3, -0.25) is 9.69 Å². The molecule has 0 radical (unpaired) electrons. The lowest BCUT2D eigenvalue weighted by molar-refractivity contribution is -0.152. The molecule has 0 aromatic heterocycles. The van der Waals surface area contributed by atoms with Gasteiger partial charge in [-0.05, 0) is 56.1 Å². The standard InChI is InChI=1S/C15H19BrClNO2/c1-2-15(14(19)20)5-7-18(8-6-15)10-11-9-12(17)3-4-13(11)16/h3-4,9H,2,5-8,10H2,1H3,(H,19,20). The van der Waals surface area contributed by atoms with E-state index in [9.17, 15) is 9.90 Å². The predicted octanol–water partition coefficient (Wildman–Crippen LogP) is 4.18. The Bertz CT molecular complexity index is 499. The second-order valence-corrected chi connectivity index (χ2v) is 6.74. The SMILES string of the molecule is CCC1(C(=O)O)CCN(Cc2cc(Cl)ccc2Br)CC1. The van der Waals surface area contributed by atoms with Crippen molar-refractivity contribution in [2.75, 3.05) is 13.1 Å². The number of benzene rings is 1. The molecule has 1 heterocycles. The van der Waals surface area contributed by atoms with Crippen molar-refractivity contribution < 1.29 is 9.90 Å². The van der Waals surface area contributed by atoms with Crippen molar-refractivity contribution in [2.24, 2.45) is 5.41 Å². The highest BCUT2D eigenvalue weighted by molar-refractivity contribution is 9.10. The number of hydrogen-bond donors (Lipinski definition) is 1. The first-order valence-electron chi connectivity index (χ1n) is 6.86. The van der Waals surface area contributed by atoms with Crippen LogP contribution in [0.1, 0.15) is 31.7 Å². The van der Waals surface area contributed by atoms with Crippen LogP contribution in [0.2, 0.25) is 5.02 Å². The summed E-state index contributed by atoms with van der Waals surface area (Å²) in [6, 6.07) is 5.78. The quantitative estimate of drug-likeness (QED) is 0.875. The molecule has 0 amide bonds. The summed E-state index contributed by atoms with van der Waals surface area (Å²) in [4.78, 5) is 13.7. The number of carboxylic acids is 1. The summed E-state index contributed by atoms with van der Waals surface area (Å²) < 4.78 is 1.05. The molecule has 1 aromatic rings. The fourth-order valence-corrected chi connectivity index (χ4v) is 3.33. The molecule has 0 atom stereocenters. The number of carboxylic acid groups (broad SMARTS) is 1. The topological polar surface area (TPSA) is 40.5 Å². The third-order valence-corrected chi connectivity index (χ3v) is 5.35. The first kappa shape index (κ1) is 15.8. The summed E-state index contributed by atoms with van der Waals surface area (Å²) in [7, 11) is 0. The third-order valence-electron chi connectivity index (χ3n) is 4.35. The first-order valence-corrected chi connectivity index (χ1v) is 8.03. The molecule has 5 heteroatoms. The fraction of sp³-hybridized carbons (Fsp3) is 0.533. The van der Waals surface area contributed by atoms with E-state index in [-0.39, 0.29) is 0 Å². The smallest absolute Gasteiger partial charge is 0.309 e. The van der Waals surface area contributed by atoms with Crippen LogP contribution in [0.3, 0.4) is 0 Å². The van der Waals surface area contributed by atoms with Gasteiger partial charge in [0.25, 0.3) is 0 Å². The molecular formula is C15H19BrClNO2. The van der Waals surface area contributed by atoms with E-state index in [0.29, 0.717) is 6.42 Å². The number of carbonyl (C=O) groups is 1. The Kier molecular flexibility index (Phi) is 5.10. The highest BCUT2D eigenvalue weighted by Gasteiger charge is 2.39. The molecule has 1 aliphatic heterocycles. The Morgan fingerprint density at radius 3 is 2.65 bits per heavy atom. The molecule has 1 aromatic carbocycles. The average molecular weight is 361 g/mol. The van der Waals surface area contributed by atoms with Gasteiger partial charge in [0, 0.05) is 16.0 Å². The number of aliphatic carboxylic acids is 1. The zero-order valence-electron chi connectivity index (χ0n) is 11.5. The van der Waals surface area contributed by atoms with Crippen LogP contribution in [-0.2, 0) is 11.3 Å². The molecule has 1 aliphatic rings. The van der Waals surface area contributed by atoms with Gasteiger partial charge in [-0.25, -0.2) is 0 Å². The summed E-state index contributed by atoms with van der Waals surface area (Å²) in [6.07, 6.45) is 2.14. The van der Waals surface area contributed by atoms with Gasteiger partial charge in [0.1, 0.15) is 0 Å². The van der Waals surface area contributed by atoms with Crippen LogP contribution in [0.15, 0.2) is 22.7 Å². The molecule has 1 N–H and O–H groups in total. The lowest BCUT2D eigenvalue weighted by Crippen LogP contribution is -2.43. The summed E-state index contributed by atoms with van der Waals surface area (Å²) in [5.41, 5.74) is 0.624. The Morgan fingerprint density at radius 1 is 1.45 bits per heavy atom. The van der Waals surface area contributed by atoms with Crippen molar-refractivity contribution in [2.45, 2.75) is 32.7 Å². The van der Waals surface area contributed by atoms with Gasteiger partial charge in [-0.15, -0.1) is 0 Å². The van der Waals surface area contributed by atoms with E-state index in [1.54, 1.807) is 0 Å². The minimum Gasteiger partial charge on any atom is -0.481 e. The van der Waals surface area contributed by atoms with E-state index in [2.05, 4.69) is 20.8 Å². The summed E-state index contributed by atoms with van der Waals surface area (Å²) in [6.45, 7) is 4.41. The minimum absolute atomic E-state index is 0.526. The lowest BCUT2D eigenvalue weighted by atomic mass is 9.76. The number of nitrogens with zero attached hydrogens (tertiary/aromatic N) is 1. The van der Waals surface area contributed by atoms with E-state index >= 15 is 0 Å². The fourth-order valence-electron chi connectivity index (χ4n) is 2.76. The first-order chi connectivity index (χ1) is 9.47. The number of halogens is 2. The normalized spacial score (nSPS) is 18.9. The van der Waals surface area contributed by atoms with Gasteiger partial charge < -0.3 is 5.11 Å². The van der Waals surface area contributed by atoms with Crippen molar-refractivity contribution in [3.63, 3.8) is 0 Å². The molecule has 1 saturated heterocycles. The van der Waals surface area contributed by atoms with Crippen molar-refractivity contribution in [1.29, 1.82) is 0 Å². The maximum atomic E-state index is 11.4. The largest absolute Gasteiger partial charge is 0.481 e. The van der Waals surface area contributed by atoms with Gasteiger partial charge in [0.2, 0.25) is 0 Å². The maximum absolute atomic E-state index is 11.4. The molecule has 0 bridgehead atoms. The number of rotatable bonds is 4. The van der Waals surface area contributed by atoms with E-state index < -0.39 is 11.4 Å². The Labute approximate surface area is 133 Å². The molecule has 2 rings (SSSR count). The molecule has 0 aliphatic carbocycles. The summed E-state index contributed by atoms with van der Waals surface area (Å²) >= 11 is 9.56. The van der Waals surface area contributed by atoms with Crippen LogP contribution in [0.5, 0.6) is 0 Å². The molecule has 0 saturated carbocycles. The zero-order valence-corrected chi connectivity index (χ0v) is 13.9. The van der Waals surface area contributed by atoms with Gasteiger partial charge in [0.05, 0.1) is 5.41 Å². The summed E-state index contributed by atoms with van der Waals surface area (Å²) in [5.74, 6) is -0.649. The van der Waals surface area contributed by atoms with Crippen LogP contribution >= 0.6 is 27.5 Å². The van der Waals surface area contributed by atoms with Crippen molar-refractivity contribution in [3.8, 4) is 0 Å². The van der Waals surface area contributed by atoms with E-state index in [1.165, 1.54) is 0 Å². The Hall–Kier alpha value is -0.580. The lowest BCUT2D eigenvalue weighted by Gasteiger charge is -2.38. The molecule has 110 valence electrons. The molecule has 3 nitrogen and oxygen atoms in total. The zero-order chi connectivity index (χ0) is 14.8. The van der Waals surface area contributed by atoms with Crippen molar-refractivity contribution in [1.82, 2.24) is 4.90 Å². The van der Waals surface area contributed by atoms with Gasteiger partial charge >= 0.3 is 5.97 Å². The van der Waals surface area contributed by atoms with E-state index in [1.807, 2.05) is 25.1 Å². The number of likely N-dealkylation sites (tertiary alicyclic amines) is 1. The van der Waals surface area contributed by atoms with Crippen LogP contribution in [0.4, 0.5) is 0 Å². The van der Waals surface area contributed by atoms with Crippen molar-refractivity contribution in [3.05, 3.63) is 33.3 Å². The number of piperidine rings is 1. The van der Waals surface area contributed by atoms with Crippen LogP contribution in [0, 0.1) is 5.41 Å². The minimum atomic E-state index is -0.649. The third kappa shape index (κ3) is 3.35. The second-order valence-electron chi connectivity index (χ2n) is 5.45. The monoisotopic (exact) mass is 359 g/mol. The average Bonchev–Trinajstić information content (AvgIpc) is 2.43. The number of hydrogen-bond acceptors (Lipinski definition) is 2. The van der Waals surface area contributed by atoms with Crippen LogP contribution in [-0.4, -0.2) is 29.1 Å². The van der Waals surface area contributed by atoms with Crippen LogP contribution in [0.25, 0.3) is 0 Å². The van der Waals surface area contributed by atoms with Crippen molar-refractivity contribution >= 4 is 33.5 Å². The predicted molar refractivity (Wildman–Crippen MR) is 84.0 cm³/mol. The van der Waals surface area contributed by atoms with E-state index in [4.69, 9.17) is 11.6 Å². The molecule has 1 fully saturated rings. The highest BCUT2D eigenvalue weighted by Crippen LogP contribution is 2.36. The Balaban J connectivity index is 2.01. The van der Waals surface area contributed by atoms with Gasteiger partial charge in [0.15, 0.2) is 0 Å². The summed E-state index contributed by atoms with van der Waals surface area (Å²) in [5, 5.41) is 10.1. The Morgan fingerprint density at radius 2 is 2.10 bits per heavy atom. The maximum Gasteiger partial charge on any atom is 0.309 e. The molecule has 0 spiro atoms. The van der Waals surface area contributed by atoms with Gasteiger partial charge in [-0.1, -0.05) is 34.5 Å². The molecule has 0 unspecified atom stereocenters. The second kappa shape index (κ2) is 6.46. The molecular weight excluding hydrogens is 342 g/mol. The molecule has 20 heavy (non-hydrogen) atoms. The van der Waals surface area contributed by atoms with Gasteiger partial charge in [-0.2, -0.15) is 0 Å². The van der Waals surface area contributed by atoms with Crippen LogP contribution < -0.4 is 0 Å². The highest BCUT2D eigenvalue weighted by atomic mass is 79.9. The van der Waals surface area contributed by atoms with E-state index in [0.717, 1.165) is 47.5 Å².